The van der Waals surface area contributed by atoms with Crippen LogP contribution in [0.25, 0.3) is 0 Å². The van der Waals surface area contributed by atoms with Gasteiger partial charge in [-0.2, -0.15) is 0 Å². The Kier molecular flexibility index (Phi) is 5.02. The predicted octanol–water partition coefficient (Wildman–Crippen LogP) is 4.64. The number of anilines is 1. The molecule has 138 valence electrons. The minimum Gasteiger partial charge on any atom is -0.486 e. The summed E-state index contributed by atoms with van der Waals surface area (Å²) < 4.78 is 23.1. The van der Waals surface area contributed by atoms with Crippen LogP contribution >= 0.6 is 15.9 Å². The molecule has 3 aromatic rings. The highest BCUT2D eigenvalue weighted by Crippen LogP contribution is 2.32. The number of carbonyl (C=O) groups is 1. The fourth-order valence-electron chi connectivity index (χ4n) is 2.60. The SMILES string of the molecule is O=C(Nc1ccc2c(c1)OCCO2)c1ccc(COc2ccccc2Br)o1. The third-order valence-corrected chi connectivity index (χ3v) is 4.55. The molecule has 6 nitrogen and oxygen atoms in total. The van der Waals surface area contributed by atoms with Gasteiger partial charge >= 0.3 is 0 Å². The van der Waals surface area contributed by atoms with E-state index in [1.165, 1.54) is 0 Å². The number of ether oxygens (including phenoxy) is 3. The van der Waals surface area contributed by atoms with Gasteiger partial charge in [0, 0.05) is 11.8 Å². The minimum atomic E-state index is -0.348. The van der Waals surface area contributed by atoms with Crippen molar-refractivity contribution in [3.8, 4) is 17.2 Å². The standard InChI is InChI=1S/C20H16BrNO5/c21-15-3-1-2-4-16(15)26-12-14-6-8-18(27-14)20(23)22-13-5-7-17-19(11-13)25-10-9-24-17/h1-8,11H,9-10,12H2,(H,22,23). The summed E-state index contributed by atoms with van der Waals surface area (Å²) in [7, 11) is 0. The van der Waals surface area contributed by atoms with E-state index in [9.17, 15) is 4.79 Å². The molecular formula is C20H16BrNO5. The zero-order chi connectivity index (χ0) is 18.6. The van der Waals surface area contributed by atoms with Gasteiger partial charge in [-0.1, -0.05) is 12.1 Å². The first kappa shape index (κ1) is 17.5. The average Bonchev–Trinajstić information content (AvgIpc) is 3.16. The first-order valence-electron chi connectivity index (χ1n) is 8.36. The van der Waals surface area contributed by atoms with E-state index < -0.39 is 0 Å². The summed E-state index contributed by atoms with van der Waals surface area (Å²) in [5, 5.41) is 2.79. The smallest absolute Gasteiger partial charge is 0.291 e. The summed E-state index contributed by atoms with van der Waals surface area (Å²) in [4.78, 5) is 12.4. The Morgan fingerprint density at radius 2 is 1.85 bits per heavy atom. The number of nitrogens with one attached hydrogen (secondary N) is 1. The highest BCUT2D eigenvalue weighted by Gasteiger charge is 2.15. The van der Waals surface area contributed by atoms with Gasteiger partial charge in [0.2, 0.25) is 0 Å². The molecule has 0 unspecified atom stereocenters. The van der Waals surface area contributed by atoms with Crippen molar-refractivity contribution in [2.45, 2.75) is 6.61 Å². The molecule has 2 aromatic carbocycles. The van der Waals surface area contributed by atoms with Crippen LogP contribution in [0.1, 0.15) is 16.3 Å². The molecule has 0 fully saturated rings. The first-order chi connectivity index (χ1) is 13.2. The van der Waals surface area contributed by atoms with E-state index in [-0.39, 0.29) is 18.3 Å². The van der Waals surface area contributed by atoms with Gasteiger partial charge in [0.05, 0.1) is 4.47 Å². The zero-order valence-corrected chi connectivity index (χ0v) is 15.8. The number of amides is 1. The maximum Gasteiger partial charge on any atom is 0.291 e. The number of halogens is 1. The summed E-state index contributed by atoms with van der Waals surface area (Å²) in [6, 6.07) is 16.1. The molecular weight excluding hydrogens is 414 g/mol. The number of furan rings is 1. The second-order valence-electron chi connectivity index (χ2n) is 5.80. The third kappa shape index (κ3) is 4.09. The second kappa shape index (κ2) is 7.75. The van der Waals surface area contributed by atoms with Crippen LogP contribution in [0.4, 0.5) is 5.69 Å². The molecule has 2 heterocycles. The molecule has 1 aromatic heterocycles. The number of fused-ring (bicyclic) bond motifs is 1. The molecule has 1 N–H and O–H groups in total. The second-order valence-corrected chi connectivity index (χ2v) is 6.65. The van der Waals surface area contributed by atoms with Crippen molar-refractivity contribution in [2.24, 2.45) is 0 Å². The summed E-state index contributed by atoms with van der Waals surface area (Å²) in [6.07, 6.45) is 0. The number of hydrogen-bond acceptors (Lipinski definition) is 5. The Labute approximate surface area is 164 Å². The number of benzene rings is 2. The van der Waals surface area contributed by atoms with Crippen LogP contribution < -0.4 is 19.5 Å². The van der Waals surface area contributed by atoms with Crippen molar-refractivity contribution >= 4 is 27.5 Å². The maximum absolute atomic E-state index is 12.4. The summed E-state index contributed by atoms with van der Waals surface area (Å²) in [5.74, 6) is 2.40. The van der Waals surface area contributed by atoms with Gasteiger partial charge in [0.25, 0.3) is 5.91 Å². The van der Waals surface area contributed by atoms with Crippen LogP contribution in [-0.4, -0.2) is 19.1 Å². The summed E-state index contributed by atoms with van der Waals surface area (Å²) in [6.45, 7) is 1.24. The molecule has 7 heteroatoms. The lowest BCUT2D eigenvalue weighted by Gasteiger charge is -2.18. The molecule has 0 aliphatic carbocycles. The normalized spacial score (nSPS) is 12.5. The fourth-order valence-corrected chi connectivity index (χ4v) is 3.00. The molecule has 1 aliphatic heterocycles. The molecule has 27 heavy (non-hydrogen) atoms. The van der Waals surface area contributed by atoms with E-state index in [1.54, 1.807) is 30.3 Å². The van der Waals surface area contributed by atoms with Gasteiger partial charge in [-0.25, -0.2) is 0 Å². The molecule has 0 atom stereocenters. The lowest BCUT2D eigenvalue weighted by molar-refractivity contribution is 0.0992. The van der Waals surface area contributed by atoms with Crippen LogP contribution in [0.5, 0.6) is 17.2 Å². The molecule has 1 amide bonds. The van der Waals surface area contributed by atoms with Gasteiger partial charge in [-0.05, 0) is 52.3 Å². The van der Waals surface area contributed by atoms with Gasteiger partial charge in [0.15, 0.2) is 17.3 Å². The topological polar surface area (TPSA) is 69.9 Å². The van der Waals surface area contributed by atoms with Crippen molar-refractivity contribution in [3.63, 3.8) is 0 Å². The highest BCUT2D eigenvalue weighted by atomic mass is 79.9. The van der Waals surface area contributed by atoms with Crippen LogP contribution in [-0.2, 0) is 6.61 Å². The molecule has 4 rings (SSSR count). The van der Waals surface area contributed by atoms with E-state index in [4.69, 9.17) is 18.6 Å². The number of rotatable bonds is 5. The maximum atomic E-state index is 12.4. The largest absolute Gasteiger partial charge is 0.486 e. The van der Waals surface area contributed by atoms with Crippen LogP contribution in [0.15, 0.2) is 63.5 Å². The summed E-state index contributed by atoms with van der Waals surface area (Å²) in [5.41, 5.74) is 0.603. The van der Waals surface area contributed by atoms with Gasteiger partial charge in [-0.15, -0.1) is 0 Å². The van der Waals surface area contributed by atoms with Gasteiger partial charge in [-0.3, -0.25) is 4.79 Å². The third-order valence-electron chi connectivity index (χ3n) is 3.89. The van der Waals surface area contributed by atoms with E-state index in [0.717, 1.165) is 4.47 Å². The molecule has 0 saturated carbocycles. The van der Waals surface area contributed by atoms with Crippen LogP contribution in [0.2, 0.25) is 0 Å². The van der Waals surface area contributed by atoms with Gasteiger partial charge in [0.1, 0.15) is 31.3 Å². The lowest BCUT2D eigenvalue weighted by atomic mass is 10.2. The molecule has 0 saturated heterocycles. The Morgan fingerprint density at radius 1 is 1.04 bits per heavy atom. The monoisotopic (exact) mass is 429 g/mol. The van der Waals surface area contributed by atoms with E-state index in [2.05, 4.69) is 21.2 Å². The van der Waals surface area contributed by atoms with E-state index in [0.29, 0.717) is 41.9 Å². The molecule has 0 bridgehead atoms. The number of carbonyl (C=O) groups excluding carboxylic acids is 1. The van der Waals surface area contributed by atoms with Crippen molar-refractivity contribution in [1.82, 2.24) is 0 Å². The first-order valence-corrected chi connectivity index (χ1v) is 9.15. The van der Waals surface area contributed by atoms with Crippen molar-refractivity contribution in [2.75, 3.05) is 18.5 Å². The van der Waals surface area contributed by atoms with Gasteiger partial charge < -0.3 is 23.9 Å². The van der Waals surface area contributed by atoms with Crippen molar-refractivity contribution in [1.29, 1.82) is 0 Å². The lowest BCUT2D eigenvalue weighted by Crippen LogP contribution is -2.16. The predicted molar refractivity (Wildman–Crippen MR) is 103 cm³/mol. The highest BCUT2D eigenvalue weighted by molar-refractivity contribution is 9.10. The van der Waals surface area contributed by atoms with Crippen LogP contribution in [0, 0.1) is 0 Å². The Bertz CT molecular complexity index is 969. The quantitative estimate of drug-likeness (QED) is 0.639. The number of hydrogen-bond donors (Lipinski definition) is 1. The Morgan fingerprint density at radius 3 is 2.70 bits per heavy atom. The van der Waals surface area contributed by atoms with Crippen molar-refractivity contribution in [3.05, 3.63) is 70.6 Å². The number of para-hydroxylation sites is 1. The zero-order valence-electron chi connectivity index (χ0n) is 14.2. The minimum absolute atomic E-state index is 0.204. The van der Waals surface area contributed by atoms with Crippen molar-refractivity contribution < 1.29 is 23.4 Å². The van der Waals surface area contributed by atoms with Crippen LogP contribution in [0.3, 0.4) is 0 Å². The molecule has 1 aliphatic rings. The Balaban J connectivity index is 1.39. The summed E-state index contributed by atoms with van der Waals surface area (Å²) >= 11 is 3.42. The molecule has 0 spiro atoms. The molecule has 0 radical (unpaired) electrons. The Hall–Kier alpha value is -2.93. The van der Waals surface area contributed by atoms with E-state index in [1.807, 2.05) is 24.3 Å². The van der Waals surface area contributed by atoms with E-state index >= 15 is 0 Å². The fraction of sp³-hybridized carbons (Fsp3) is 0.150. The average molecular weight is 430 g/mol.